The van der Waals surface area contributed by atoms with Gasteiger partial charge in [0, 0.05) is 28.9 Å². The number of aryl methyl sites for hydroxylation is 1. The van der Waals surface area contributed by atoms with Crippen molar-refractivity contribution in [2.24, 2.45) is 11.7 Å². The van der Waals surface area contributed by atoms with Gasteiger partial charge in [-0.3, -0.25) is 4.90 Å². The van der Waals surface area contributed by atoms with Gasteiger partial charge < -0.3 is 10.6 Å². The third-order valence-electron chi connectivity index (χ3n) is 4.44. The van der Waals surface area contributed by atoms with Crippen molar-refractivity contribution in [3.05, 3.63) is 21.9 Å². The molecule has 1 aliphatic rings. The first-order chi connectivity index (χ1) is 9.51. The Labute approximate surface area is 127 Å². The summed E-state index contributed by atoms with van der Waals surface area (Å²) in [5, 5.41) is 0. The summed E-state index contributed by atoms with van der Waals surface area (Å²) in [6, 6.07) is 5.06. The third kappa shape index (κ3) is 3.82. The van der Waals surface area contributed by atoms with Gasteiger partial charge in [0.05, 0.1) is 6.04 Å². The fourth-order valence-corrected chi connectivity index (χ4v) is 4.41. The summed E-state index contributed by atoms with van der Waals surface area (Å²) in [4.78, 5) is 7.72. The average Bonchev–Trinajstić information content (AvgIpc) is 2.99. The molecule has 0 amide bonds. The van der Waals surface area contributed by atoms with Crippen molar-refractivity contribution in [2.75, 3.05) is 33.7 Å². The number of nitrogens with zero attached hydrogens (tertiary/aromatic N) is 2. The largest absolute Gasteiger partial charge is 0.326 e. The molecule has 3 atom stereocenters. The van der Waals surface area contributed by atoms with Crippen LogP contribution >= 0.6 is 11.3 Å². The zero-order valence-electron chi connectivity index (χ0n) is 13.3. The molecule has 1 aromatic heterocycles. The highest BCUT2D eigenvalue weighted by Gasteiger charge is 2.28. The standard InChI is InChI=1S/C16H29N3S/c1-5-14(17)16(15-7-6-12(2)20-15)19(4)11-13-8-9-18(3)10-13/h6-7,13-14,16H,5,8-11,17H2,1-4H3. The van der Waals surface area contributed by atoms with E-state index in [4.69, 9.17) is 5.73 Å². The number of hydrogen-bond acceptors (Lipinski definition) is 4. The summed E-state index contributed by atoms with van der Waals surface area (Å²) < 4.78 is 0. The van der Waals surface area contributed by atoms with Gasteiger partial charge in [-0.25, -0.2) is 0 Å². The van der Waals surface area contributed by atoms with Gasteiger partial charge >= 0.3 is 0 Å². The minimum Gasteiger partial charge on any atom is -0.326 e. The maximum Gasteiger partial charge on any atom is 0.0591 e. The van der Waals surface area contributed by atoms with Crippen LogP contribution in [0.4, 0.5) is 0 Å². The molecule has 3 nitrogen and oxygen atoms in total. The van der Waals surface area contributed by atoms with Gasteiger partial charge in [0.15, 0.2) is 0 Å². The Morgan fingerprint density at radius 2 is 2.25 bits per heavy atom. The smallest absolute Gasteiger partial charge is 0.0591 e. The Morgan fingerprint density at radius 1 is 1.50 bits per heavy atom. The zero-order valence-corrected chi connectivity index (χ0v) is 14.1. The quantitative estimate of drug-likeness (QED) is 0.876. The summed E-state index contributed by atoms with van der Waals surface area (Å²) in [7, 11) is 4.46. The molecule has 3 unspecified atom stereocenters. The second-order valence-electron chi connectivity index (χ2n) is 6.32. The summed E-state index contributed by atoms with van der Waals surface area (Å²) in [5.41, 5.74) is 6.42. The predicted octanol–water partition coefficient (Wildman–Crippen LogP) is 2.72. The molecule has 0 spiro atoms. The number of thiophene rings is 1. The monoisotopic (exact) mass is 295 g/mol. The molecule has 2 N–H and O–H groups in total. The molecule has 0 aliphatic carbocycles. The van der Waals surface area contributed by atoms with Gasteiger partial charge in [0.1, 0.15) is 0 Å². The van der Waals surface area contributed by atoms with Crippen LogP contribution in [0.1, 0.15) is 35.6 Å². The van der Waals surface area contributed by atoms with Gasteiger partial charge in [-0.2, -0.15) is 0 Å². The molecule has 0 saturated carbocycles. The van der Waals surface area contributed by atoms with E-state index in [1.807, 2.05) is 11.3 Å². The predicted molar refractivity (Wildman–Crippen MR) is 88.3 cm³/mol. The Kier molecular flexibility index (Phi) is 5.61. The number of likely N-dealkylation sites (N-methyl/N-ethyl adjacent to an activating group) is 1. The van der Waals surface area contributed by atoms with Crippen molar-refractivity contribution in [2.45, 2.75) is 38.8 Å². The van der Waals surface area contributed by atoms with Crippen LogP contribution in [0.5, 0.6) is 0 Å². The van der Waals surface area contributed by atoms with Gasteiger partial charge in [-0.1, -0.05) is 6.92 Å². The average molecular weight is 295 g/mol. The number of nitrogens with two attached hydrogens (primary N) is 1. The lowest BCUT2D eigenvalue weighted by Gasteiger charge is -2.33. The van der Waals surface area contributed by atoms with E-state index in [9.17, 15) is 0 Å². The van der Waals surface area contributed by atoms with Crippen LogP contribution in [0.25, 0.3) is 0 Å². The first-order valence-corrected chi connectivity index (χ1v) is 8.53. The van der Waals surface area contributed by atoms with Gasteiger partial charge in [0.25, 0.3) is 0 Å². The van der Waals surface area contributed by atoms with Crippen molar-refractivity contribution in [3.8, 4) is 0 Å². The summed E-state index contributed by atoms with van der Waals surface area (Å²) in [6.07, 6.45) is 2.34. The van der Waals surface area contributed by atoms with Crippen molar-refractivity contribution in [1.29, 1.82) is 0 Å². The highest BCUT2D eigenvalue weighted by molar-refractivity contribution is 7.12. The van der Waals surface area contributed by atoms with Crippen molar-refractivity contribution >= 4 is 11.3 Å². The molecule has 1 aromatic rings. The molecule has 0 bridgehead atoms. The van der Waals surface area contributed by atoms with Crippen LogP contribution < -0.4 is 5.73 Å². The van der Waals surface area contributed by atoms with Crippen LogP contribution in [0.2, 0.25) is 0 Å². The molecule has 1 saturated heterocycles. The molecule has 4 heteroatoms. The van der Waals surface area contributed by atoms with Crippen LogP contribution in [0, 0.1) is 12.8 Å². The minimum atomic E-state index is 0.220. The fourth-order valence-electron chi connectivity index (χ4n) is 3.29. The van der Waals surface area contributed by atoms with E-state index in [0.29, 0.717) is 6.04 Å². The highest BCUT2D eigenvalue weighted by Crippen LogP contribution is 2.31. The normalized spacial score (nSPS) is 23.4. The lowest BCUT2D eigenvalue weighted by atomic mass is 10.0. The van der Waals surface area contributed by atoms with Gasteiger partial charge in [-0.05, 0) is 58.5 Å². The molecule has 2 rings (SSSR count). The van der Waals surface area contributed by atoms with E-state index in [-0.39, 0.29) is 6.04 Å². The Hall–Kier alpha value is -0.420. The minimum absolute atomic E-state index is 0.220. The van der Waals surface area contributed by atoms with Crippen molar-refractivity contribution < 1.29 is 0 Å². The second kappa shape index (κ2) is 7.03. The van der Waals surface area contributed by atoms with Crippen LogP contribution in [-0.4, -0.2) is 49.6 Å². The Balaban J connectivity index is 2.06. The maximum atomic E-state index is 6.42. The Bertz CT molecular complexity index is 418. The van der Waals surface area contributed by atoms with Crippen LogP contribution in [0.15, 0.2) is 12.1 Å². The van der Waals surface area contributed by atoms with Crippen LogP contribution in [0.3, 0.4) is 0 Å². The first-order valence-electron chi connectivity index (χ1n) is 7.72. The van der Waals surface area contributed by atoms with Crippen molar-refractivity contribution in [1.82, 2.24) is 9.80 Å². The highest BCUT2D eigenvalue weighted by atomic mass is 32.1. The molecule has 2 heterocycles. The van der Waals surface area contributed by atoms with E-state index < -0.39 is 0 Å². The van der Waals surface area contributed by atoms with Gasteiger partial charge in [-0.15, -0.1) is 11.3 Å². The molecule has 0 radical (unpaired) electrons. The fraction of sp³-hybridized carbons (Fsp3) is 0.750. The van der Waals surface area contributed by atoms with E-state index in [1.54, 1.807) is 0 Å². The number of likely N-dealkylation sites (tertiary alicyclic amines) is 1. The number of rotatable bonds is 6. The summed E-state index contributed by atoms with van der Waals surface area (Å²) >= 11 is 1.89. The maximum absolute atomic E-state index is 6.42. The second-order valence-corrected chi connectivity index (χ2v) is 7.64. The summed E-state index contributed by atoms with van der Waals surface area (Å²) in [6.45, 7) is 7.98. The molecule has 20 heavy (non-hydrogen) atoms. The molecule has 0 aromatic carbocycles. The van der Waals surface area contributed by atoms with Crippen molar-refractivity contribution in [3.63, 3.8) is 0 Å². The molecule has 1 fully saturated rings. The molecular formula is C16H29N3S. The van der Waals surface area contributed by atoms with E-state index in [2.05, 4.69) is 49.9 Å². The first kappa shape index (κ1) is 16.0. The van der Waals surface area contributed by atoms with E-state index >= 15 is 0 Å². The molecule has 114 valence electrons. The van der Waals surface area contributed by atoms with E-state index in [0.717, 1.165) is 18.9 Å². The lowest BCUT2D eigenvalue weighted by Crippen LogP contribution is -2.40. The lowest BCUT2D eigenvalue weighted by molar-refractivity contribution is 0.183. The zero-order chi connectivity index (χ0) is 14.7. The number of hydrogen-bond donors (Lipinski definition) is 1. The summed E-state index contributed by atoms with van der Waals surface area (Å²) in [5.74, 6) is 0.789. The molecular weight excluding hydrogens is 266 g/mol. The topological polar surface area (TPSA) is 32.5 Å². The van der Waals surface area contributed by atoms with E-state index in [1.165, 1.54) is 29.3 Å². The van der Waals surface area contributed by atoms with Crippen LogP contribution in [-0.2, 0) is 0 Å². The van der Waals surface area contributed by atoms with Gasteiger partial charge in [0.2, 0.25) is 0 Å². The third-order valence-corrected chi connectivity index (χ3v) is 5.51. The molecule has 1 aliphatic heterocycles. The Morgan fingerprint density at radius 3 is 2.75 bits per heavy atom. The SMILES string of the molecule is CCC(N)C(c1ccc(C)s1)N(C)CC1CCN(C)C1.